The number of aryl methyl sites for hydroxylation is 1. The van der Waals surface area contributed by atoms with Crippen LogP contribution in [0.2, 0.25) is 5.04 Å². The summed E-state index contributed by atoms with van der Waals surface area (Å²) in [6.07, 6.45) is 8.16. The molecule has 36 heavy (non-hydrogen) atoms. The van der Waals surface area contributed by atoms with Crippen molar-refractivity contribution in [1.82, 2.24) is 0 Å². The monoisotopic (exact) mass is 498 g/mol. The lowest BCUT2D eigenvalue weighted by molar-refractivity contribution is -0.0360. The van der Waals surface area contributed by atoms with Gasteiger partial charge in [0.1, 0.15) is 0 Å². The van der Waals surface area contributed by atoms with Gasteiger partial charge in [0.05, 0.1) is 18.8 Å². The highest BCUT2D eigenvalue weighted by Crippen LogP contribution is 2.37. The van der Waals surface area contributed by atoms with Crippen LogP contribution in [0.3, 0.4) is 0 Å². The number of hydrogen-bond donors (Lipinski definition) is 0. The molecule has 0 bridgehead atoms. The lowest BCUT2D eigenvalue weighted by Crippen LogP contribution is -2.66. The van der Waals surface area contributed by atoms with Crippen LogP contribution in [0.15, 0.2) is 103 Å². The van der Waals surface area contributed by atoms with Crippen molar-refractivity contribution >= 4 is 18.7 Å². The smallest absolute Gasteiger partial charge is 0.261 e. The Hall–Kier alpha value is -2.46. The fraction of sp³-hybridized carbons (Fsp3) is 0.394. The fourth-order valence-electron chi connectivity index (χ4n) is 5.63. The van der Waals surface area contributed by atoms with E-state index in [4.69, 9.17) is 9.16 Å². The third kappa shape index (κ3) is 6.26. The summed E-state index contributed by atoms with van der Waals surface area (Å²) >= 11 is 0. The topological polar surface area (TPSA) is 18.5 Å². The first-order valence-electron chi connectivity index (χ1n) is 13.5. The molecule has 0 spiro atoms. The van der Waals surface area contributed by atoms with Crippen LogP contribution in [0.25, 0.3) is 0 Å². The molecular weight excluding hydrogens is 456 g/mol. The minimum Gasteiger partial charge on any atom is -0.404 e. The molecule has 1 saturated heterocycles. The highest BCUT2D eigenvalue weighted by Gasteiger charge is 2.49. The normalized spacial score (nSPS) is 19.9. The molecule has 1 aliphatic heterocycles. The van der Waals surface area contributed by atoms with E-state index in [0.29, 0.717) is 12.7 Å². The van der Waals surface area contributed by atoms with E-state index in [9.17, 15) is 0 Å². The maximum atomic E-state index is 7.12. The molecule has 1 fully saturated rings. The molecule has 190 valence electrons. The minimum atomic E-state index is -2.51. The Morgan fingerprint density at radius 1 is 0.806 bits per heavy atom. The molecule has 0 unspecified atom stereocenters. The van der Waals surface area contributed by atoms with Gasteiger partial charge in [0.2, 0.25) is 0 Å². The van der Waals surface area contributed by atoms with Gasteiger partial charge in [0.25, 0.3) is 8.32 Å². The largest absolute Gasteiger partial charge is 0.404 e. The predicted octanol–water partition coefficient (Wildman–Crippen LogP) is 7.08. The van der Waals surface area contributed by atoms with Crippen LogP contribution in [-0.4, -0.2) is 27.1 Å². The maximum absolute atomic E-state index is 7.12. The van der Waals surface area contributed by atoms with E-state index in [2.05, 4.69) is 125 Å². The van der Waals surface area contributed by atoms with Gasteiger partial charge in [-0.05, 0) is 53.1 Å². The maximum Gasteiger partial charge on any atom is 0.261 e. The molecule has 2 atom stereocenters. The molecule has 0 N–H and O–H groups in total. The molecule has 0 aromatic heterocycles. The second-order valence-electron chi connectivity index (χ2n) is 11.1. The van der Waals surface area contributed by atoms with Gasteiger partial charge in [-0.15, -0.1) is 0 Å². The van der Waals surface area contributed by atoms with E-state index in [1.807, 2.05) is 0 Å². The molecule has 1 heterocycles. The third-order valence-electron chi connectivity index (χ3n) is 7.51. The average Bonchev–Trinajstić information content (AvgIpc) is 2.91. The van der Waals surface area contributed by atoms with Gasteiger partial charge in [0.15, 0.2) is 0 Å². The van der Waals surface area contributed by atoms with E-state index < -0.39 is 8.32 Å². The van der Waals surface area contributed by atoms with Crippen molar-refractivity contribution in [3.63, 3.8) is 0 Å². The Morgan fingerprint density at radius 2 is 1.33 bits per heavy atom. The molecule has 3 aromatic rings. The zero-order valence-electron chi connectivity index (χ0n) is 22.5. The summed E-state index contributed by atoms with van der Waals surface area (Å²) in [5.41, 5.74) is 2.88. The summed E-state index contributed by atoms with van der Waals surface area (Å²) in [6.45, 7) is 9.90. The van der Waals surface area contributed by atoms with Crippen molar-refractivity contribution in [1.29, 1.82) is 0 Å². The number of benzene rings is 3. The van der Waals surface area contributed by atoms with E-state index >= 15 is 0 Å². The van der Waals surface area contributed by atoms with E-state index in [1.165, 1.54) is 21.5 Å². The summed E-state index contributed by atoms with van der Waals surface area (Å²) in [7, 11) is -2.51. The van der Waals surface area contributed by atoms with Gasteiger partial charge in [-0.25, -0.2) is 0 Å². The SMILES string of the molecule is CC[C@H]1C/C(=C/CO[Si](c2ccccc2)(c2ccccc2)C(C)(C)C)C[C@@H](CCc2ccccc2)O1. The van der Waals surface area contributed by atoms with Gasteiger partial charge in [-0.2, -0.15) is 0 Å². The second-order valence-corrected chi connectivity index (χ2v) is 15.4. The van der Waals surface area contributed by atoms with Crippen molar-refractivity contribution in [3.8, 4) is 0 Å². The Labute approximate surface area is 219 Å². The molecular formula is C33H42O2Si. The van der Waals surface area contributed by atoms with Crippen LogP contribution in [0.5, 0.6) is 0 Å². The van der Waals surface area contributed by atoms with Crippen molar-refractivity contribution < 1.29 is 9.16 Å². The van der Waals surface area contributed by atoms with Gasteiger partial charge < -0.3 is 9.16 Å². The standard InChI is InChI=1S/C33H42O2Si/c1-5-29-25-28(26-30(35-29)22-21-27-15-9-6-10-16-27)23-24-34-36(33(2,3)4,31-17-11-7-12-18-31)32-19-13-8-14-20-32/h6-20,23,29-30H,5,21-22,24-26H2,1-4H3/b28-23-/t29-,30+/m0/s1. The van der Waals surface area contributed by atoms with Crippen molar-refractivity contribution in [2.45, 2.75) is 77.0 Å². The van der Waals surface area contributed by atoms with Crippen LogP contribution < -0.4 is 10.4 Å². The molecule has 0 radical (unpaired) electrons. The summed E-state index contributed by atoms with van der Waals surface area (Å²) in [6, 6.07) is 32.6. The third-order valence-corrected chi connectivity index (χ3v) is 12.5. The van der Waals surface area contributed by atoms with Crippen LogP contribution in [0, 0.1) is 0 Å². The van der Waals surface area contributed by atoms with E-state index in [0.717, 1.165) is 32.1 Å². The minimum absolute atomic E-state index is 0.00589. The lowest BCUT2D eigenvalue weighted by atomic mass is 9.93. The summed E-state index contributed by atoms with van der Waals surface area (Å²) in [5, 5.41) is 2.66. The molecule has 0 aliphatic carbocycles. The second kappa shape index (κ2) is 12.2. The average molecular weight is 499 g/mol. The Balaban J connectivity index is 1.54. The molecule has 3 aromatic carbocycles. The summed E-state index contributed by atoms with van der Waals surface area (Å²) in [5.74, 6) is 0. The van der Waals surface area contributed by atoms with Crippen LogP contribution >= 0.6 is 0 Å². The lowest BCUT2D eigenvalue weighted by Gasteiger charge is -2.43. The van der Waals surface area contributed by atoms with Gasteiger partial charge in [-0.1, -0.05) is 130 Å². The van der Waals surface area contributed by atoms with Crippen molar-refractivity contribution in [3.05, 3.63) is 108 Å². The number of hydrogen-bond acceptors (Lipinski definition) is 2. The highest BCUT2D eigenvalue weighted by atomic mass is 28.4. The highest BCUT2D eigenvalue weighted by molar-refractivity contribution is 6.99. The molecule has 0 saturated carbocycles. The van der Waals surface area contributed by atoms with E-state index in [1.54, 1.807) is 0 Å². The first-order chi connectivity index (χ1) is 17.4. The predicted molar refractivity (Wildman–Crippen MR) is 155 cm³/mol. The molecule has 0 amide bonds. The number of ether oxygens (including phenoxy) is 1. The Morgan fingerprint density at radius 3 is 1.86 bits per heavy atom. The quantitative estimate of drug-likeness (QED) is 0.232. The molecule has 4 rings (SSSR count). The van der Waals surface area contributed by atoms with Crippen molar-refractivity contribution in [2.24, 2.45) is 0 Å². The zero-order chi connectivity index (χ0) is 25.4. The first-order valence-corrected chi connectivity index (χ1v) is 15.5. The van der Waals surface area contributed by atoms with Crippen molar-refractivity contribution in [2.75, 3.05) is 6.61 Å². The first kappa shape index (κ1) is 26.6. The fourth-order valence-corrected chi connectivity index (χ4v) is 10.1. The zero-order valence-corrected chi connectivity index (χ0v) is 23.5. The molecule has 1 aliphatic rings. The molecule has 3 heteroatoms. The molecule has 2 nitrogen and oxygen atoms in total. The van der Waals surface area contributed by atoms with Gasteiger partial charge in [-0.3, -0.25) is 0 Å². The van der Waals surface area contributed by atoms with Gasteiger partial charge in [0, 0.05) is 0 Å². The Bertz CT molecular complexity index is 1050. The van der Waals surface area contributed by atoms with Crippen LogP contribution in [0.1, 0.15) is 58.9 Å². The summed E-state index contributed by atoms with van der Waals surface area (Å²) < 4.78 is 13.6. The Kier molecular flexibility index (Phi) is 9.00. The van der Waals surface area contributed by atoms with Crippen LogP contribution in [-0.2, 0) is 15.6 Å². The van der Waals surface area contributed by atoms with Gasteiger partial charge >= 0.3 is 0 Å². The van der Waals surface area contributed by atoms with Crippen LogP contribution in [0.4, 0.5) is 0 Å². The summed E-state index contributed by atoms with van der Waals surface area (Å²) in [4.78, 5) is 0. The number of rotatable bonds is 9. The van der Waals surface area contributed by atoms with E-state index in [-0.39, 0.29) is 11.1 Å².